The highest BCUT2D eigenvalue weighted by Gasteiger charge is 2.08. The lowest BCUT2D eigenvalue weighted by atomic mass is 10.1. The van der Waals surface area contributed by atoms with E-state index in [1.807, 2.05) is 6.07 Å². The first kappa shape index (κ1) is 12.1. The number of carboxylic acid groups (broad SMARTS) is 1. The average Bonchev–Trinajstić information content (AvgIpc) is 2.25. The minimum Gasteiger partial charge on any atom is -0.481 e. The van der Waals surface area contributed by atoms with E-state index in [1.165, 1.54) is 0 Å². The van der Waals surface area contributed by atoms with Crippen LogP contribution in [-0.2, 0) is 4.79 Å². The molecule has 0 aromatic heterocycles. The molecule has 1 aromatic carbocycles. The van der Waals surface area contributed by atoms with Crippen molar-refractivity contribution in [3.05, 3.63) is 35.9 Å². The van der Waals surface area contributed by atoms with Gasteiger partial charge in [-0.05, 0) is 17.8 Å². The van der Waals surface area contributed by atoms with Crippen molar-refractivity contribution in [1.82, 2.24) is 5.43 Å². The minimum absolute atomic E-state index is 0.00109. The SMILES string of the molecule is NC(=S)N/N=C(/CC(=O)O)c1ccccc1. The van der Waals surface area contributed by atoms with E-state index in [9.17, 15) is 4.79 Å². The van der Waals surface area contributed by atoms with Gasteiger partial charge in [-0.1, -0.05) is 30.3 Å². The van der Waals surface area contributed by atoms with Crippen LogP contribution in [0, 0.1) is 0 Å². The second-order valence-electron chi connectivity index (χ2n) is 2.97. The van der Waals surface area contributed by atoms with Crippen LogP contribution in [0.5, 0.6) is 0 Å². The van der Waals surface area contributed by atoms with E-state index < -0.39 is 5.97 Å². The van der Waals surface area contributed by atoms with Crippen molar-refractivity contribution < 1.29 is 9.90 Å². The van der Waals surface area contributed by atoms with Crippen molar-refractivity contribution in [1.29, 1.82) is 0 Å². The van der Waals surface area contributed by atoms with Crippen LogP contribution in [-0.4, -0.2) is 21.9 Å². The van der Waals surface area contributed by atoms with Gasteiger partial charge in [-0.3, -0.25) is 10.2 Å². The fourth-order valence-electron chi connectivity index (χ4n) is 1.10. The van der Waals surface area contributed by atoms with Crippen molar-refractivity contribution in [2.24, 2.45) is 10.8 Å². The Balaban J connectivity index is 2.91. The summed E-state index contributed by atoms with van der Waals surface area (Å²) in [5.41, 5.74) is 8.69. The molecule has 1 aromatic rings. The van der Waals surface area contributed by atoms with E-state index in [0.29, 0.717) is 11.3 Å². The molecule has 0 aliphatic heterocycles. The molecule has 0 saturated carbocycles. The summed E-state index contributed by atoms with van der Waals surface area (Å²) in [7, 11) is 0. The standard InChI is InChI=1S/C10H11N3O2S/c11-10(16)13-12-8(6-9(14)15)7-4-2-1-3-5-7/h1-5H,6H2,(H,14,15)(H3,11,13,16)/b12-8-. The van der Waals surface area contributed by atoms with E-state index in [0.717, 1.165) is 0 Å². The second kappa shape index (κ2) is 5.82. The minimum atomic E-state index is -0.965. The monoisotopic (exact) mass is 237 g/mol. The summed E-state index contributed by atoms with van der Waals surface area (Å²) in [4.78, 5) is 10.7. The Hall–Kier alpha value is -1.95. The maximum atomic E-state index is 10.7. The molecule has 0 unspecified atom stereocenters. The number of hydrogen-bond acceptors (Lipinski definition) is 3. The summed E-state index contributed by atoms with van der Waals surface area (Å²) in [6.07, 6.45) is -0.195. The molecule has 1 rings (SSSR count). The zero-order chi connectivity index (χ0) is 12.0. The molecule has 0 radical (unpaired) electrons. The number of hydrogen-bond donors (Lipinski definition) is 3. The summed E-state index contributed by atoms with van der Waals surface area (Å²) in [5, 5.41) is 12.6. The number of nitrogens with one attached hydrogen (secondary N) is 1. The van der Waals surface area contributed by atoms with Crippen LogP contribution in [0.15, 0.2) is 35.4 Å². The highest BCUT2D eigenvalue weighted by atomic mass is 32.1. The number of carboxylic acids is 1. The highest BCUT2D eigenvalue weighted by Crippen LogP contribution is 2.04. The third-order valence-corrected chi connectivity index (χ3v) is 1.82. The Morgan fingerprint density at radius 1 is 1.44 bits per heavy atom. The van der Waals surface area contributed by atoms with E-state index >= 15 is 0 Å². The van der Waals surface area contributed by atoms with Gasteiger partial charge in [0.15, 0.2) is 5.11 Å². The van der Waals surface area contributed by atoms with E-state index in [1.54, 1.807) is 24.3 Å². The lowest BCUT2D eigenvalue weighted by Gasteiger charge is -2.04. The first-order valence-electron chi connectivity index (χ1n) is 4.49. The van der Waals surface area contributed by atoms with Gasteiger partial charge in [-0.2, -0.15) is 5.10 Å². The predicted octanol–water partition coefficient (Wildman–Crippen LogP) is 0.699. The van der Waals surface area contributed by atoms with Crippen molar-refractivity contribution in [2.45, 2.75) is 6.42 Å². The Bertz CT molecular complexity index is 417. The van der Waals surface area contributed by atoms with Crippen LogP contribution in [0.2, 0.25) is 0 Å². The fraction of sp³-hybridized carbons (Fsp3) is 0.100. The van der Waals surface area contributed by atoms with Gasteiger partial charge < -0.3 is 10.8 Å². The van der Waals surface area contributed by atoms with Gasteiger partial charge in [0.25, 0.3) is 0 Å². The Kier molecular flexibility index (Phi) is 4.41. The molecule has 0 bridgehead atoms. The maximum Gasteiger partial charge on any atom is 0.309 e. The second-order valence-corrected chi connectivity index (χ2v) is 3.41. The van der Waals surface area contributed by atoms with Gasteiger partial charge in [0.1, 0.15) is 0 Å². The number of hydrazone groups is 1. The first-order valence-corrected chi connectivity index (χ1v) is 4.89. The number of rotatable bonds is 4. The number of benzene rings is 1. The Morgan fingerprint density at radius 3 is 2.56 bits per heavy atom. The molecule has 16 heavy (non-hydrogen) atoms. The van der Waals surface area contributed by atoms with Crippen LogP contribution in [0.4, 0.5) is 0 Å². The van der Waals surface area contributed by atoms with E-state index in [4.69, 9.17) is 10.8 Å². The Morgan fingerprint density at radius 2 is 2.06 bits per heavy atom. The molecule has 0 fully saturated rings. The number of nitrogens with zero attached hydrogens (tertiary/aromatic N) is 1. The summed E-state index contributed by atoms with van der Waals surface area (Å²) in [5.74, 6) is -0.965. The highest BCUT2D eigenvalue weighted by molar-refractivity contribution is 7.80. The number of carbonyl (C=O) groups is 1. The summed E-state index contributed by atoms with van der Waals surface area (Å²) < 4.78 is 0. The number of thiocarbonyl (C=S) groups is 1. The molecule has 5 nitrogen and oxygen atoms in total. The van der Waals surface area contributed by atoms with Crippen molar-refractivity contribution in [3.63, 3.8) is 0 Å². The lowest BCUT2D eigenvalue weighted by Crippen LogP contribution is -2.26. The quantitative estimate of drug-likeness (QED) is 0.407. The molecule has 0 amide bonds. The van der Waals surface area contributed by atoms with Crippen molar-refractivity contribution in [2.75, 3.05) is 0 Å². The molecule has 0 spiro atoms. The number of nitrogens with two attached hydrogens (primary N) is 1. The van der Waals surface area contributed by atoms with Crippen LogP contribution in [0.3, 0.4) is 0 Å². The molecule has 84 valence electrons. The van der Waals surface area contributed by atoms with E-state index in [2.05, 4.69) is 22.7 Å². The summed E-state index contributed by atoms with van der Waals surface area (Å²) in [6, 6.07) is 8.97. The van der Waals surface area contributed by atoms with Gasteiger partial charge in [0, 0.05) is 0 Å². The van der Waals surface area contributed by atoms with Gasteiger partial charge in [-0.15, -0.1) is 0 Å². The molecule has 0 saturated heterocycles. The van der Waals surface area contributed by atoms with Crippen LogP contribution in [0.25, 0.3) is 0 Å². The molecular weight excluding hydrogens is 226 g/mol. The fourth-order valence-corrected chi connectivity index (χ4v) is 1.15. The van der Waals surface area contributed by atoms with Gasteiger partial charge >= 0.3 is 5.97 Å². The molecule has 4 N–H and O–H groups in total. The largest absolute Gasteiger partial charge is 0.481 e. The summed E-state index contributed by atoms with van der Waals surface area (Å²) in [6.45, 7) is 0. The normalized spacial score (nSPS) is 10.9. The number of aliphatic carboxylic acids is 1. The molecule has 0 heterocycles. The van der Waals surface area contributed by atoms with Gasteiger partial charge in [-0.25, -0.2) is 0 Å². The molecule has 0 aliphatic rings. The molecular formula is C10H11N3O2S. The molecule has 6 heteroatoms. The third-order valence-electron chi connectivity index (χ3n) is 1.73. The predicted molar refractivity (Wildman–Crippen MR) is 65.2 cm³/mol. The summed E-state index contributed by atoms with van der Waals surface area (Å²) >= 11 is 4.59. The third kappa shape index (κ3) is 4.05. The van der Waals surface area contributed by atoms with Gasteiger partial charge in [0.2, 0.25) is 0 Å². The topological polar surface area (TPSA) is 87.7 Å². The zero-order valence-electron chi connectivity index (χ0n) is 8.38. The lowest BCUT2D eigenvalue weighted by molar-refractivity contribution is -0.135. The van der Waals surface area contributed by atoms with Crippen molar-refractivity contribution in [3.8, 4) is 0 Å². The maximum absolute atomic E-state index is 10.7. The van der Waals surface area contributed by atoms with Crippen LogP contribution < -0.4 is 11.2 Å². The molecule has 0 aliphatic carbocycles. The zero-order valence-corrected chi connectivity index (χ0v) is 9.20. The first-order chi connectivity index (χ1) is 7.59. The smallest absolute Gasteiger partial charge is 0.309 e. The Labute approximate surface area is 98.0 Å². The van der Waals surface area contributed by atoms with Crippen LogP contribution >= 0.6 is 12.2 Å². The van der Waals surface area contributed by atoms with E-state index in [-0.39, 0.29) is 11.5 Å². The molecule has 0 atom stereocenters. The van der Waals surface area contributed by atoms with Crippen molar-refractivity contribution >= 4 is 29.0 Å². The van der Waals surface area contributed by atoms with Crippen LogP contribution in [0.1, 0.15) is 12.0 Å². The van der Waals surface area contributed by atoms with Gasteiger partial charge in [0.05, 0.1) is 12.1 Å². The average molecular weight is 237 g/mol.